The summed E-state index contributed by atoms with van der Waals surface area (Å²) in [5.74, 6) is -0.608. The quantitative estimate of drug-likeness (QED) is 0.681. The van der Waals surface area contributed by atoms with E-state index < -0.39 is 0 Å². The number of fused-ring (bicyclic) bond motifs is 1. The van der Waals surface area contributed by atoms with Crippen LogP contribution in [0.3, 0.4) is 0 Å². The lowest BCUT2D eigenvalue weighted by atomic mass is 10.2. The van der Waals surface area contributed by atoms with Crippen LogP contribution in [-0.4, -0.2) is 30.5 Å². The SMILES string of the molecule is COC(=O)CCCNC(=O)c1cc(Cl)c2ccccc2n1. The molecule has 21 heavy (non-hydrogen) atoms. The molecule has 0 saturated heterocycles. The van der Waals surface area contributed by atoms with Crippen LogP contribution in [0.5, 0.6) is 0 Å². The van der Waals surface area contributed by atoms with Crippen molar-refractivity contribution in [3.05, 3.63) is 41.0 Å². The maximum absolute atomic E-state index is 12.0. The van der Waals surface area contributed by atoms with E-state index in [1.165, 1.54) is 7.11 Å². The smallest absolute Gasteiger partial charge is 0.305 e. The van der Waals surface area contributed by atoms with Crippen LogP contribution < -0.4 is 5.32 Å². The number of benzene rings is 1. The molecule has 2 rings (SSSR count). The first-order valence-electron chi connectivity index (χ1n) is 6.52. The maximum atomic E-state index is 12.0. The minimum Gasteiger partial charge on any atom is -0.469 e. The zero-order chi connectivity index (χ0) is 15.2. The van der Waals surface area contributed by atoms with Gasteiger partial charge in [0.2, 0.25) is 0 Å². The highest BCUT2D eigenvalue weighted by molar-refractivity contribution is 6.35. The summed E-state index contributed by atoms with van der Waals surface area (Å²) in [6.45, 7) is 0.375. The molecule has 1 heterocycles. The third-order valence-electron chi connectivity index (χ3n) is 2.97. The van der Waals surface area contributed by atoms with Crippen molar-refractivity contribution >= 4 is 34.4 Å². The van der Waals surface area contributed by atoms with E-state index >= 15 is 0 Å². The van der Waals surface area contributed by atoms with Crippen molar-refractivity contribution in [1.29, 1.82) is 0 Å². The first-order valence-corrected chi connectivity index (χ1v) is 6.90. The summed E-state index contributed by atoms with van der Waals surface area (Å²) in [4.78, 5) is 27.2. The first kappa shape index (κ1) is 15.3. The Kier molecular flexibility index (Phi) is 5.11. The zero-order valence-electron chi connectivity index (χ0n) is 11.6. The highest BCUT2D eigenvalue weighted by Crippen LogP contribution is 2.22. The van der Waals surface area contributed by atoms with E-state index in [-0.39, 0.29) is 24.0 Å². The van der Waals surface area contributed by atoms with Crippen molar-refractivity contribution in [2.45, 2.75) is 12.8 Å². The number of para-hydroxylation sites is 1. The highest BCUT2D eigenvalue weighted by atomic mass is 35.5. The molecule has 0 aliphatic rings. The van der Waals surface area contributed by atoms with Crippen molar-refractivity contribution in [1.82, 2.24) is 10.3 Å². The van der Waals surface area contributed by atoms with Gasteiger partial charge in [0, 0.05) is 18.4 Å². The van der Waals surface area contributed by atoms with Crippen LogP contribution >= 0.6 is 11.6 Å². The minimum absolute atomic E-state index is 0.261. The van der Waals surface area contributed by atoms with Crippen molar-refractivity contribution < 1.29 is 14.3 Å². The Labute approximate surface area is 127 Å². The summed E-state index contributed by atoms with van der Waals surface area (Å²) >= 11 is 6.15. The van der Waals surface area contributed by atoms with Gasteiger partial charge in [-0.2, -0.15) is 0 Å². The number of hydrogen-bond donors (Lipinski definition) is 1. The van der Waals surface area contributed by atoms with Gasteiger partial charge in [-0.25, -0.2) is 4.98 Å². The zero-order valence-corrected chi connectivity index (χ0v) is 12.3. The number of halogens is 1. The van der Waals surface area contributed by atoms with Gasteiger partial charge < -0.3 is 10.1 Å². The van der Waals surface area contributed by atoms with E-state index in [2.05, 4.69) is 15.0 Å². The Morgan fingerprint density at radius 1 is 1.33 bits per heavy atom. The van der Waals surface area contributed by atoms with Crippen molar-refractivity contribution in [3.63, 3.8) is 0 Å². The van der Waals surface area contributed by atoms with E-state index in [1.807, 2.05) is 18.2 Å². The average molecular weight is 307 g/mol. The number of carbonyl (C=O) groups excluding carboxylic acids is 2. The monoisotopic (exact) mass is 306 g/mol. The lowest BCUT2D eigenvalue weighted by Gasteiger charge is -2.06. The fourth-order valence-electron chi connectivity index (χ4n) is 1.88. The fraction of sp³-hybridized carbons (Fsp3) is 0.267. The largest absolute Gasteiger partial charge is 0.469 e. The second-order valence-electron chi connectivity index (χ2n) is 4.44. The number of amides is 1. The van der Waals surface area contributed by atoms with Gasteiger partial charge in [-0.15, -0.1) is 0 Å². The molecule has 0 aliphatic heterocycles. The van der Waals surface area contributed by atoms with Gasteiger partial charge in [0.05, 0.1) is 17.6 Å². The van der Waals surface area contributed by atoms with E-state index in [9.17, 15) is 9.59 Å². The summed E-state index contributed by atoms with van der Waals surface area (Å²) in [7, 11) is 1.34. The van der Waals surface area contributed by atoms with Crippen LogP contribution in [0.25, 0.3) is 10.9 Å². The predicted molar refractivity (Wildman–Crippen MR) is 80.3 cm³/mol. The summed E-state index contributed by atoms with van der Waals surface area (Å²) in [5.41, 5.74) is 0.932. The van der Waals surface area contributed by atoms with Gasteiger partial charge in [0.1, 0.15) is 5.69 Å². The highest BCUT2D eigenvalue weighted by Gasteiger charge is 2.11. The minimum atomic E-state index is -0.312. The molecule has 0 unspecified atom stereocenters. The normalized spacial score (nSPS) is 10.4. The average Bonchev–Trinajstić information content (AvgIpc) is 2.51. The maximum Gasteiger partial charge on any atom is 0.305 e. The van der Waals surface area contributed by atoms with Crippen LogP contribution in [0.2, 0.25) is 5.02 Å². The van der Waals surface area contributed by atoms with Crippen LogP contribution in [0.4, 0.5) is 0 Å². The molecule has 0 fully saturated rings. The summed E-state index contributed by atoms with van der Waals surface area (Å²) in [5, 5.41) is 4.00. The molecule has 110 valence electrons. The third kappa shape index (κ3) is 3.92. The summed E-state index contributed by atoms with van der Waals surface area (Å²) in [6, 6.07) is 8.89. The Hall–Kier alpha value is -2.14. The van der Waals surface area contributed by atoms with E-state index in [0.29, 0.717) is 23.5 Å². The molecule has 1 N–H and O–H groups in total. The molecule has 0 saturated carbocycles. The molecule has 0 atom stereocenters. The molecule has 6 heteroatoms. The van der Waals surface area contributed by atoms with Crippen LogP contribution in [0.1, 0.15) is 23.3 Å². The molecular formula is C15H15ClN2O3. The van der Waals surface area contributed by atoms with Gasteiger partial charge in [-0.1, -0.05) is 29.8 Å². The molecule has 1 aromatic heterocycles. The fourth-order valence-corrected chi connectivity index (χ4v) is 2.14. The summed E-state index contributed by atoms with van der Waals surface area (Å²) in [6.07, 6.45) is 0.780. The number of carbonyl (C=O) groups is 2. The molecular weight excluding hydrogens is 292 g/mol. The third-order valence-corrected chi connectivity index (χ3v) is 3.28. The second kappa shape index (κ2) is 7.04. The topological polar surface area (TPSA) is 68.3 Å². The van der Waals surface area contributed by atoms with Crippen LogP contribution in [-0.2, 0) is 9.53 Å². The molecule has 0 aliphatic carbocycles. The molecule has 1 aromatic carbocycles. The van der Waals surface area contributed by atoms with E-state index in [1.54, 1.807) is 12.1 Å². The van der Waals surface area contributed by atoms with Gasteiger partial charge in [0.15, 0.2) is 0 Å². The van der Waals surface area contributed by atoms with Gasteiger partial charge >= 0.3 is 5.97 Å². The number of aromatic nitrogens is 1. The van der Waals surface area contributed by atoms with Gasteiger partial charge in [0.25, 0.3) is 5.91 Å². The molecule has 2 aromatic rings. The standard InChI is InChI=1S/C15H15ClN2O3/c1-21-14(19)7-4-8-17-15(20)13-9-11(16)10-5-2-3-6-12(10)18-13/h2-3,5-6,9H,4,7-8H2,1H3,(H,17,20). The second-order valence-corrected chi connectivity index (χ2v) is 4.85. The molecule has 0 radical (unpaired) electrons. The van der Waals surface area contributed by atoms with Gasteiger partial charge in [-0.05, 0) is 18.6 Å². The summed E-state index contributed by atoms with van der Waals surface area (Å²) < 4.78 is 4.52. The van der Waals surface area contributed by atoms with Crippen LogP contribution in [0.15, 0.2) is 30.3 Å². The Balaban J connectivity index is 2.01. The number of nitrogens with zero attached hydrogens (tertiary/aromatic N) is 1. The number of hydrogen-bond acceptors (Lipinski definition) is 4. The van der Waals surface area contributed by atoms with Crippen molar-refractivity contribution in [2.75, 3.05) is 13.7 Å². The molecule has 1 amide bonds. The number of esters is 1. The predicted octanol–water partition coefficient (Wildman–Crippen LogP) is 2.57. The number of methoxy groups -OCH3 is 1. The Bertz CT molecular complexity index is 673. The first-order chi connectivity index (χ1) is 10.1. The van der Waals surface area contributed by atoms with Gasteiger partial charge in [-0.3, -0.25) is 9.59 Å². The number of nitrogens with one attached hydrogen (secondary N) is 1. The molecule has 0 spiro atoms. The number of rotatable bonds is 5. The molecule has 0 bridgehead atoms. The Morgan fingerprint density at radius 2 is 2.10 bits per heavy atom. The number of ether oxygens (including phenoxy) is 1. The van der Waals surface area contributed by atoms with E-state index in [0.717, 1.165) is 5.39 Å². The van der Waals surface area contributed by atoms with Crippen molar-refractivity contribution in [3.8, 4) is 0 Å². The van der Waals surface area contributed by atoms with E-state index in [4.69, 9.17) is 11.6 Å². The number of pyridine rings is 1. The van der Waals surface area contributed by atoms with Crippen LogP contribution in [0, 0.1) is 0 Å². The lowest BCUT2D eigenvalue weighted by Crippen LogP contribution is -2.25. The Morgan fingerprint density at radius 3 is 2.86 bits per heavy atom. The molecule has 5 nitrogen and oxygen atoms in total. The van der Waals surface area contributed by atoms with Crippen molar-refractivity contribution in [2.24, 2.45) is 0 Å². The lowest BCUT2D eigenvalue weighted by molar-refractivity contribution is -0.140.